The van der Waals surface area contributed by atoms with Gasteiger partial charge < -0.3 is 10.1 Å². The highest BCUT2D eigenvalue weighted by atomic mass is 16.5. The fourth-order valence-electron chi connectivity index (χ4n) is 2.93. The molecular formula is C19H23N5O2. The number of carbonyl (C=O) groups excluding carboxylic acids is 1. The van der Waals surface area contributed by atoms with Crippen molar-refractivity contribution in [1.29, 1.82) is 0 Å². The lowest BCUT2D eigenvalue weighted by molar-refractivity contribution is 0.168. The molecule has 0 unspecified atom stereocenters. The summed E-state index contributed by atoms with van der Waals surface area (Å²) in [7, 11) is 0. The molecule has 0 saturated carbocycles. The summed E-state index contributed by atoms with van der Waals surface area (Å²) in [6.45, 7) is 8.29. The van der Waals surface area contributed by atoms with Crippen LogP contribution in [0.2, 0.25) is 0 Å². The predicted octanol–water partition coefficient (Wildman–Crippen LogP) is 4.22. The van der Waals surface area contributed by atoms with Crippen molar-refractivity contribution in [2.45, 2.75) is 34.1 Å². The van der Waals surface area contributed by atoms with Gasteiger partial charge >= 0.3 is 6.09 Å². The standard InChI is InChI=1S/C19H23N5O2/c1-5-14-9-16-11-20-23-18(24(16)13(14)4)22-17-10-15(8-7-12(17)3)21-19(25)26-6-2/h7-11H,5-6H2,1-4H3,(H,21,25)(H,22,23). The second-order valence-corrected chi connectivity index (χ2v) is 6.04. The molecule has 1 aromatic carbocycles. The monoisotopic (exact) mass is 353 g/mol. The third-order valence-corrected chi connectivity index (χ3v) is 4.32. The van der Waals surface area contributed by atoms with Crippen LogP contribution in [0.1, 0.15) is 30.7 Å². The maximum absolute atomic E-state index is 11.6. The number of nitrogens with zero attached hydrogens (tertiary/aromatic N) is 3. The molecule has 0 spiro atoms. The van der Waals surface area contributed by atoms with Crippen LogP contribution in [0.5, 0.6) is 0 Å². The summed E-state index contributed by atoms with van der Waals surface area (Å²) < 4.78 is 6.98. The number of hydrogen-bond donors (Lipinski definition) is 2. The number of anilines is 3. The van der Waals surface area contributed by atoms with Crippen LogP contribution in [0.25, 0.3) is 5.52 Å². The molecule has 0 aliphatic carbocycles. The molecule has 1 amide bonds. The number of fused-ring (bicyclic) bond motifs is 1. The Kier molecular flexibility index (Phi) is 5.06. The van der Waals surface area contributed by atoms with Crippen molar-refractivity contribution in [3.63, 3.8) is 0 Å². The van der Waals surface area contributed by atoms with Crippen LogP contribution in [0.3, 0.4) is 0 Å². The van der Waals surface area contributed by atoms with Crippen LogP contribution >= 0.6 is 0 Å². The predicted molar refractivity (Wildman–Crippen MR) is 102 cm³/mol. The van der Waals surface area contributed by atoms with E-state index in [-0.39, 0.29) is 0 Å². The Bertz CT molecular complexity index is 948. The van der Waals surface area contributed by atoms with E-state index < -0.39 is 6.09 Å². The number of nitrogens with one attached hydrogen (secondary N) is 2. The molecule has 0 aliphatic rings. The Balaban J connectivity index is 1.95. The molecular weight excluding hydrogens is 330 g/mol. The lowest BCUT2D eigenvalue weighted by Gasteiger charge is -2.13. The van der Waals surface area contributed by atoms with Crippen molar-refractivity contribution in [3.05, 3.63) is 47.3 Å². The van der Waals surface area contributed by atoms with E-state index in [0.717, 1.165) is 28.9 Å². The van der Waals surface area contributed by atoms with E-state index in [1.807, 2.05) is 25.1 Å². The van der Waals surface area contributed by atoms with Gasteiger partial charge in [0.1, 0.15) is 0 Å². The quantitative estimate of drug-likeness (QED) is 0.718. The molecule has 0 saturated heterocycles. The number of hydrogen-bond acceptors (Lipinski definition) is 5. The zero-order valence-corrected chi connectivity index (χ0v) is 15.5. The van der Waals surface area contributed by atoms with E-state index in [1.165, 1.54) is 5.56 Å². The molecule has 2 aromatic heterocycles. The summed E-state index contributed by atoms with van der Waals surface area (Å²) in [6, 6.07) is 7.74. The number of carbonyl (C=O) groups is 1. The van der Waals surface area contributed by atoms with Crippen LogP contribution in [-0.2, 0) is 11.2 Å². The van der Waals surface area contributed by atoms with Crippen molar-refractivity contribution >= 4 is 28.9 Å². The summed E-state index contributed by atoms with van der Waals surface area (Å²) in [5.74, 6) is 0.635. The van der Waals surface area contributed by atoms with Crippen molar-refractivity contribution < 1.29 is 9.53 Å². The van der Waals surface area contributed by atoms with Crippen LogP contribution < -0.4 is 10.6 Å². The van der Waals surface area contributed by atoms with Gasteiger partial charge in [-0.15, -0.1) is 5.10 Å². The normalized spacial score (nSPS) is 10.8. The minimum Gasteiger partial charge on any atom is -0.450 e. The number of benzene rings is 1. The van der Waals surface area contributed by atoms with Gasteiger partial charge in [0.2, 0.25) is 5.95 Å². The van der Waals surface area contributed by atoms with Gasteiger partial charge in [0.05, 0.1) is 18.3 Å². The van der Waals surface area contributed by atoms with Crippen molar-refractivity contribution in [1.82, 2.24) is 14.6 Å². The fourth-order valence-corrected chi connectivity index (χ4v) is 2.93. The fraction of sp³-hybridized carbons (Fsp3) is 0.316. The molecule has 0 bridgehead atoms. The molecule has 3 rings (SSSR count). The molecule has 2 N–H and O–H groups in total. The van der Waals surface area contributed by atoms with Gasteiger partial charge in [-0.05, 0) is 56.5 Å². The molecule has 136 valence electrons. The van der Waals surface area contributed by atoms with Crippen LogP contribution in [0.4, 0.5) is 22.1 Å². The number of aryl methyl sites for hydroxylation is 3. The van der Waals surface area contributed by atoms with E-state index in [2.05, 4.69) is 45.1 Å². The average Bonchev–Trinajstić information content (AvgIpc) is 2.95. The molecule has 26 heavy (non-hydrogen) atoms. The first-order valence-electron chi connectivity index (χ1n) is 8.67. The third-order valence-electron chi connectivity index (χ3n) is 4.32. The zero-order chi connectivity index (χ0) is 18.7. The van der Waals surface area contributed by atoms with Gasteiger partial charge in [0, 0.05) is 17.1 Å². The van der Waals surface area contributed by atoms with Crippen LogP contribution in [0.15, 0.2) is 30.5 Å². The zero-order valence-electron chi connectivity index (χ0n) is 15.5. The molecule has 7 heteroatoms. The largest absolute Gasteiger partial charge is 0.450 e. The van der Waals surface area contributed by atoms with Crippen molar-refractivity contribution in [2.75, 3.05) is 17.2 Å². The first-order chi connectivity index (χ1) is 12.5. The molecule has 0 aliphatic heterocycles. The van der Waals surface area contributed by atoms with E-state index in [4.69, 9.17) is 4.74 Å². The highest BCUT2D eigenvalue weighted by Gasteiger charge is 2.12. The molecule has 7 nitrogen and oxygen atoms in total. The second kappa shape index (κ2) is 7.43. The topological polar surface area (TPSA) is 80.5 Å². The highest BCUT2D eigenvalue weighted by molar-refractivity contribution is 5.86. The molecule has 0 fully saturated rings. The minimum absolute atomic E-state index is 0.326. The highest BCUT2D eigenvalue weighted by Crippen LogP contribution is 2.26. The first-order valence-corrected chi connectivity index (χ1v) is 8.67. The van der Waals surface area contributed by atoms with Gasteiger partial charge in [0.15, 0.2) is 0 Å². The number of rotatable bonds is 5. The summed E-state index contributed by atoms with van der Waals surface area (Å²) in [5, 5.41) is 14.4. The van der Waals surface area contributed by atoms with Crippen LogP contribution in [0, 0.1) is 13.8 Å². The second-order valence-electron chi connectivity index (χ2n) is 6.04. The molecule has 0 atom stereocenters. The number of ether oxygens (including phenoxy) is 1. The van der Waals surface area contributed by atoms with E-state index >= 15 is 0 Å². The van der Waals surface area contributed by atoms with Gasteiger partial charge in [0.25, 0.3) is 0 Å². The lowest BCUT2D eigenvalue weighted by atomic mass is 10.2. The van der Waals surface area contributed by atoms with E-state index in [1.54, 1.807) is 13.1 Å². The third kappa shape index (κ3) is 3.46. The minimum atomic E-state index is -0.474. The summed E-state index contributed by atoms with van der Waals surface area (Å²) in [4.78, 5) is 11.6. The number of amides is 1. The Morgan fingerprint density at radius 3 is 2.77 bits per heavy atom. The van der Waals surface area contributed by atoms with Gasteiger partial charge in [-0.25, -0.2) is 4.79 Å². The van der Waals surface area contributed by atoms with E-state index in [0.29, 0.717) is 18.2 Å². The van der Waals surface area contributed by atoms with Gasteiger partial charge in [-0.2, -0.15) is 5.10 Å². The SMILES string of the molecule is CCOC(=O)Nc1ccc(C)c(Nc2nncc3cc(CC)c(C)n23)c1. The molecule has 0 radical (unpaired) electrons. The van der Waals surface area contributed by atoms with E-state index in [9.17, 15) is 4.79 Å². The van der Waals surface area contributed by atoms with Gasteiger partial charge in [-0.3, -0.25) is 9.72 Å². The average molecular weight is 353 g/mol. The van der Waals surface area contributed by atoms with Gasteiger partial charge in [-0.1, -0.05) is 13.0 Å². The van der Waals surface area contributed by atoms with Crippen molar-refractivity contribution in [2.24, 2.45) is 0 Å². The Labute approximate surface area is 152 Å². The van der Waals surface area contributed by atoms with Crippen LogP contribution in [-0.4, -0.2) is 27.3 Å². The summed E-state index contributed by atoms with van der Waals surface area (Å²) in [6.07, 6.45) is 2.23. The maximum atomic E-state index is 11.6. The maximum Gasteiger partial charge on any atom is 0.411 e. The first kappa shape index (κ1) is 17.7. The lowest BCUT2D eigenvalue weighted by Crippen LogP contribution is -2.13. The smallest absolute Gasteiger partial charge is 0.411 e. The van der Waals surface area contributed by atoms with Crippen molar-refractivity contribution in [3.8, 4) is 0 Å². The Hall–Kier alpha value is -3.09. The number of aromatic nitrogens is 3. The molecule has 2 heterocycles. The Morgan fingerprint density at radius 1 is 1.23 bits per heavy atom. The summed E-state index contributed by atoms with van der Waals surface area (Å²) in [5.41, 5.74) is 5.91. The summed E-state index contributed by atoms with van der Waals surface area (Å²) >= 11 is 0. The molecule has 3 aromatic rings. The Morgan fingerprint density at radius 2 is 2.04 bits per heavy atom.